The maximum absolute atomic E-state index is 12.0. The molecule has 0 aromatic heterocycles. The van der Waals surface area contributed by atoms with Crippen LogP contribution >= 0.6 is 12.6 Å². The molecule has 30 heavy (non-hydrogen) atoms. The van der Waals surface area contributed by atoms with Crippen molar-refractivity contribution in [1.82, 2.24) is 5.32 Å². The molecule has 0 fully saturated rings. The van der Waals surface area contributed by atoms with Gasteiger partial charge in [-0.2, -0.15) is 12.6 Å². The first kappa shape index (κ1) is 29.8. The van der Waals surface area contributed by atoms with Gasteiger partial charge in [0.1, 0.15) is 0 Å². The van der Waals surface area contributed by atoms with Gasteiger partial charge in [0.2, 0.25) is 5.91 Å². The number of hydrogen-bond donors (Lipinski definition) is 2. The molecule has 4 heteroatoms. The molecule has 0 aliphatic rings. The van der Waals surface area contributed by atoms with Crippen LogP contribution in [0.1, 0.15) is 122 Å². The summed E-state index contributed by atoms with van der Waals surface area (Å²) in [5.74, 6) is 1.27. The van der Waals surface area contributed by atoms with Crippen molar-refractivity contribution in [1.29, 1.82) is 0 Å². The van der Waals surface area contributed by atoms with E-state index in [1.165, 1.54) is 103 Å². The lowest BCUT2D eigenvalue weighted by atomic mass is 10.1. The van der Waals surface area contributed by atoms with Gasteiger partial charge in [0, 0.05) is 19.4 Å². The van der Waals surface area contributed by atoms with Crippen molar-refractivity contribution in [2.24, 2.45) is 0 Å². The molecule has 180 valence electrons. The van der Waals surface area contributed by atoms with Gasteiger partial charge in [-0.25, -0.2) is 0 Å². The fourth-order valence-corrected chi connectivity index (χ4v) is 4.29. The van der Waals surface area contributed by atoms with E-state index in [1.54, 1.807) is 0 Å². The van der Waals surface area contributed by atoms with E-state index in [9.17, 15) is 4.79 Å². The van der Waals surface area contributed by atoms with Gasteiger partial charge in [-0.1, -0.05) is 84.0 Å². The molecule has 0 aromatic carbocycles. The first-order chi connectivity index (χ1) is 14.5. The van der Waals surface area contributed by atoms with Gasteiger partial charge < -0.3 is 9.80 Å². The maximum Gasteiger partial charge on any atom is 0.219 e. The SMILES string of the molecule is CCCCCCCCCC[N+](C)(C)CCCNC(=O)CCCCCCCCCCS. The van der Waals surface area contributed by atoms with Crippen LogP contribution in [0.25, 0.3) is 0 Å². The zero-order chi connectivity index (χ0) is 22.3. The number of carbonyl (C=O) groups excluding carboxylic acids is 1. The molecule has 0 aliphatic carbocycles. The Kier molecular flexibility index (Phi) is 21.8. The van der Waals surface area contributed by atoms with E-state index in [0.717, 1.165) is 36.2 Å². The van der Waals surface area contributed by atoms with Crippen LogP contribution in [-0.4, -0.2) is 49.9 Å². The van der Waals surface area contributed by atoms with Crippen molar-refractivity contribution in [2.75, 3.05) is 39.5 Å². The Bertz CT molecular complexity index is 374. The van der Waals surface area contributed by atoms with E-state index in [-0.39, 0.29) is 5.91 Å². The highest BCUT2D eigenvalue weighted by atomic mass is 32.1. The van der Waals surface area contributed by atoms with E-state index in [2.05, 4.69) is 39.0 Å². The lowest BCUT2D eigenvalue weighted by molar-refractivity contribution is -0.890. The number of hydrogen-bond acceptors (Lipinski definition) is 2. The predicted octanol–water partition coefficient (Wildman–Crippen LogP) is 7.15. The fourth-order valence-electron chi connectivity index (χ4n) is 4.07. The average Bonchev–Trinajstić information content (AvgIpc) is 2.72. The Morgan fingerprint density at radius 2 is 1.13 bits per heavy atom. The Morgan fingerprint density at radius 1 is 0.667 bits per heavy atom. The molecule has 0 heterocycles. The van der Waals surface area contributed by atoms with Crippen molar-refractivity contribution >= 4 is 18.5 Å². The number of nitrogens with one attached hydrogen (secondary N) is 1. The highest BCUT2D eigenvalue weighted by Gasteiger charge is 2.14. The summed E-state index contributed by atoms with van der Waals surface area (Å²) >= 11 is 4.25. The van der Waals surface area contributed by atoms with Gasteiger partial charge in [-0.15, -0.1) is 0 Å². The quantitative estimate of drug-likeness (QED) is 0.0979. The van der Waals surface area contributed by atoms with Gasteiger partial charge in [0.15, 0.2) is 0 Å². The second-order valence-electron chi connectivity index (χ2n) is 9.86. The summed E-state index contributed by atoms with van der Waals surface area (Å²) in [6.07, 6.45) is 23.0. The number of amides is 1. The number of nitrogens with zero attached hydrogens (tertiary/aromatic N) is 1. The molecule has 0 unspecified atom stereocenters. The van der Waals surface area contributed by atoms with Crippen molar-refractivity contribution < 1.29 is 9.28 Å². The molecule has 0 radical (unpaired) electrons. The molecule has 0 saturated carbocycles. The summed E-state index contributed by atoms with van der Waals surface area (Å²) in [6, 6.07) is 0. The molecule has 0 spiro atoms. The minimum atomic E-state index is 0.247. The summed E-state index contributed by atoms with van der Waals surface area (Å²) in [6.45, 7) is 5.53. The van der Waals surface area contributed by atoms with Crippen LogP contribution in [0.4, 0.5) is 0 Å². The lowest BCUT2D eigenvalue weighted by Gasteiger charge is -2.30. The molecule has 0 atom stereocenters. The predicted molar refractivity (Wildman–Crippen MR) is 137 cm³/mol. The smallest absolute Gasteiger partial charge is 0.219 e. The van der Waals surface area contributed by atoms with E-state index in [0.29, 0.717) is 6.42 Å². The van der Waals surface area contributed by atoms with Gasteiger partial charge >= 0.3 is 0 Å². The van der Waals surface area contributed by atoms with Gasteiger partial charge in [-0.3, -0.25) is 4.79 Å². The topological polar surface area (TPSA) is 29.1 Å². The molecule has 0 bridgehead atoms. The van der Waals surface area contributed by atoms with Crippen molar-refractivity contribution in [3.8, 4) is 0 Å². The summed E-state index contributed by atoms with van der Waals surface area (Å²) in [5, 5.41) is 3.13. The third-order valence-electron chi connectivity index (χ3n) is 6.19. The van der Waals surface area contributed by atoms with E-state index >= 15 is 0 Å². The standard InChI is InChI=1S/C26H54N2OS/c1-4-5-6-7-8-12-15-18-23-28(2,3)24-20-22-27-26(29)21-17-14-11-9-10-13-16-19-25-30/h4-25H2,1-3H3,(H-,27,29,30)/p+1. The van der Waals surface area contributed by atoms with E-state index in [4.69, 9.17) is 0 Å². The van der Waals surface area contributed by atoms with Gasteiger partial charge in [0.05, 0.1) is 27.2 Å². The maximum atomic E-state index is 12.0. The van der Waals surface area contributed by atoms with Crippen LogP contribution in [0, 0.1) is 0 Å². The summed E-state index contributed by atoms with van der Waals surface area (Å²) in [4.78, 5) is 12.0. The number of quaternary nitrogens is 1. The summed E-state index contributed by atoms with van der Waals surface area (Å²) in [5.41, 5.74) is 0. The fraction of sp³-hybridized carbons (Fsp3) is 0.962. The first-order valence-corrected chi connectivity index (χ1v) is 13.8. The Labute approximate surface area is 195 Å². The molecule has 0 saturated heterocycles. The molecule has 1 amide bonds. The second-order valence-corrected chi connectivity index (χ2v) is 10.3. The van der Waals surface area contributed by atoms with Crippen molar-refractivity contribution in [3.63, 3.8) is 0 Å². The Morgan fingerprint density at radius 3 is 1.70 bits per heavy atom. The van der Waals surface area contributed by atoms with Crippen molar-refractivity contribution in [3.05, 3.63) is 0 Å². The summed E-state index contributed by atoms with van der Waals surface area (Å²) < 4.78 is 1.08. The van der Waals surface area contributed by atoms with Crippen LogP contribution in [-0.2, 0) is 4.79 Å². The average molecular weight is 444 g/mol. The normalized spacial score (nSPS) is 11.7. The van der Waals surface area contributed by atoms with E-state index < -0.39 is 0 Å². The molecule has 1 N–H and O–H groups in total. The largest absolute Gasteiger partial charge is 0.356 e. The molecular formula is C26H55N2OS+. The number of thiol groups is 1. The number of rotatable bonds is 23. The lowest BCUT2D eigenvalue weighted by Crippen LogP contribution is -2.42. The zero-order valence-electron chi connectivity index (χ0n) is 20.9. The molecule has 3 nitrogen and oxygen atoms in total. The Hall–Kier alpha value is -0.220. The molecule has 0 aromatic rings. The molecular weight excluding hydrogens is 388 g/mol. The van der Waals surface area contributed by atoms with E-state index in [1.807, 2.05) is 0 Å². The van der Waals surface area contributed by atoms with Crippen LogP contribution < -0.4 is 5.32 Å². The van der Waals surface area contributed by atoms with Crippen molar-refractivity contribution in [2.45, 2.75) is 122 Å². The number of unbranched alkanes of at least 4 members (excludes halogenated alkanes) is 14. The van der Waals surface area contributed by atoms with Crippen LogP contribution in [0.15, 0.2) is 0 Å². The third-order valence-corrected chi connectivity index (χ3v) is 6.51. The highest BCUT2D eigenvalue weighted by molar-refractivity contribution is 7.80. The zero-order valence-corrected chi connectivity index (χ0v) is 21.8. The minimum absolute atomic E-state index is 0.247. The number of carbonyl (C=O) groups is 1. The second kappa shape index (κ2) is 22.0. The van der Waals surface area contributed by atoms with Crippen LogP contribution in [0.5, 0.6) is 0 Å². The third kappa shape index (κ3) is 22.5. The Balaban J connectivity index is 3.45. The monoisotopic (exact) mass is 443 g/mol. The minimum Gasteiger partial charge on any atom is -0.356 e. The highest BCUT2D eigenvalue weighted by Crippen LogP contribution is 2.11. The van der Waals surface area contributed by atoms with Crippen LogP contribution in [0.3, 0.4) is 0 Å². The van der Waals surface area contributed by atoms with Gasteiger partial charge in [-0.05, 0) is 31.4 Å². The molecule has 0 aliphatic heterocycles. The summed E-state index contributed by atoms with van der Waals surface area (Å²) in [7, 11) is 4.67. The first-order valence-electron chi connectivity index (χ1n) is 13.2. The molecule has 0 rings (SSSR count). The van der Waals surface area contributed by atoms with Gasteiger partial charge in [0.25, 0.3) is 0 Å². The van der Waals surface area contributed by atoms with Crippen LogP contribution in [0.2, 0.25) is 0 Å².